The van der Waals surface area contributed by atoms with Gasteiger partial charge in [0.05, 0.1) is 0 Å². The van der Waals surface area contributed by atoms with Crippen molar-refractivity contribution in [3.8, 4) is 0 Å². The summed E-state index contributed by atoms with van der Waals surface area (Å²) >= 11 is 5.82. The Morgan fingerprint density at radius 2 is 2.22 bits per heavy atom. The molecule has 0 aromatic carbocycles. The van der Waals surface area contributed by atoms with Crippen molar-refractivity contribution in [3.63, 3.8) is 0 Å². The van der Waals surface area contributed by atoms with E-state index < -0.39 is 0 Å². The molecule has 0 heterocycles. The van der Waals surface area contributed by atoms with Crippen LogP contribution < -0.4 is 0 Å². The van der Waals surface area contributed by atoms with Crippen LogP contribution in [0.3, 0.4) is 0 Å². The molecule has 0 saturated heterocycles. The van der Waals surface area contributed by atoms with Gasteiger partial charge in [-0.25, -0.2) is 0 Å². The molecule has 0 radical (unpaired) electrons. The Morgan fingerprint density at radius 3 is 3.11 bits per heavy atom. The zero-order valence-electron chi connectivity index (χ0n) is 5.44. The molecule has 9 heavy (non-hydrogen) atoms. The van der Waals surface area contributed by atoms with Gasteiger partial charge in [0.1, 0.15) is 0 Å². The third-order valence-corrected chi connectivity index (χ3v) is 1.77. The fourth-order valence-electron chi connectivity index (χ4n) is 0.901. The summed E-state index contributed by atoms with van der Waals surface area (Å²) < 4.78 is 0. The van der Waals surface area contributed by atoms with Crippen LogP contribution in [0.2, 0.25) is 0 Å². The first-order valence-corrected chi connectivity index (χ1v) is 3.77. The van der Waals surface area contributed by atoms with E-state index in [1.807, 2.05) is 0 Å². The van der Waals surface area contributed by atoms with E-state index in [0.29, 0.717) is 0 Å². The molecule has 0 unspecified atom stereocenters. The van der Waals surface area contributed by atoms with Gasteiger partial charge in [-0.15, -0.1) is 0 Å². The molecule has 0 aliphatic heterocycles. The second-order valence-corrected chi connectivity index (χ2v) is 2.74. The first-order valence-electron chi connectivity index (χ1n) is 3.39. The Balaban J connectivity index is 2.44. The molecule has 0 spiro atoms. The van der Waals surface area contributed by atoms with Crippen LogP contribution >= 0.6 is 11.6 Å². The Hall–Kier alpha value is -0.230. The summed E-state index contributed by atoms with van der Waals surface area (Å²) in [6.07, 6.45) is 10.9. The normalized spacial score (nSPS) is 20.3. The van der Waals surface area contributed by atoms with E-state index in [1.54, 1.807) is 0 Å². The van der Waals surface area contributed by atoms with E-state index in [9.17, 15) is 0 Å². The third-order valence-electron chi connectivity index (χ3n) is 1.43. The minimum absolute atomic E-state index is 1.01. The lowest BCUT2D eigenvalue weighted by Crippen LogP contribution is -1.78. The van der Waals surface area contributed by atoms with Gasteiger partial charge >= 0.3 is 0 Å². The fourth-order valence-corrected chi connectivity index (χ4v) is 1.12. The summed E-state index contributed by atoms with van der Waals surface area (Å²) in [4.78, 5) is 0. The molecule has 1 aliphatic carbocycles. The van der Waals surface area contributed by atoms with E-state index in [0.717, 1.165) is 17.9 Å². The highest BCUT2D eigenvalue weighted by Crippen LogP contribution is 2.15. The van der Waals surface area contributed by atoms with Crippen LogP contribution in [-0.2, 0) is 0 Å². The lowest BCUT2D eigenvalue weighted by molar-refractivity contribution is 0.847. The Bertz CT molecular complexity index is 134. The highest BCUT2D eigenvalue weighted by atomic mass is 35.5. The van der Waals surface area contributed by atoms with Crippen LogP contribution in [0.15, 0.2) is 23.3 Å². The second-order valence-electron chi connectivity index (χ2n) is 2.25. The fraction of sp³-hybridized carbons (Fsp3) is 0.500. The standard InChI is InChI=1S/C8H11Cl/c9-8-6-4-2-1-3-5-7-8/h1-2,6H,3-5,7H2. The second kappa shape index (κ2) is 3.73. The van der Waals surface area contributed by atoms with Crippen LogP contribution in [-0.4, -0.2) is 0 Å². The third kappa shape index (κ3) is 2.71. The average Bonchev–Trinajstić information content (AvgIpc) is 1.79. The molecule has 0 nitrogen and oxygen atoms in total. The molecule has 0 amide bonds. The molecule has 1 heteroatoms. The molecule has 0 saturated carbocycles. The first-order chi connectivity index (χ1) is 4.39. The summed E-state index contributed by atoms with van der Waals surface area (Å²) in [5.41, 5.74) is 0. The number of halogens is 1. The van der Waals surface area contributed by atoms with Crippen molar-refractivity contribution in [1.82, 2.24) is 0 Å². The molecule has 0 atom stereocenters. The zero-order chi connectivity index (χ0) is 6.53. The van der Waals surface area contributed by atoms with Gasteiger partial charge in [0.15, 0.2) is 0 Å². The monoisotopic (exact) mass is 142 g/mol. The molecule has 0 aromatic rings. The predicted molar refractivity (Wildman–Crippen MR) is 41.5 cm³/mol. The Kier molecular flexibility index (Phi) is 2.85. The first kappa shape index (κ1) is 6.88. The van der Waals surface area contributed by atoms with Gasteiger partial charge in [0.2, 0.25) is 0 Å². The molecular weight excluding hydrogens is 132 g/mol. The maximum atomic E-state index is 5.82. The van der Waals surface area contributed by atoms with Crippen LogP contribution in [0.4, 0.5) is 0 Å². The van der Waals surface area contributed by atoms with Crippen LogP contribution in [0.1, 0.15) is 25.7 Å². The van der Waals surface area contributed by atoms with Gasteiger partial charge in [-0.3, -0.25) is 0 Å². The van der Waals surface area contributed by atoms with Crippen LogP contribution in [0.5, 0.6) is 0 Å². The smallest absolute Gasteiger partial charge is 0.0144 e. The average molecular weight is 143 g/mol. The Morgan fingerprint density at radius 1 is 1.33 bits per heavy atom. The number of allylic oxidation sites excluding steroid dienone is 4. The van der Waals surface area contributed by atoms with Gasteiger partial charge in [-0.05, 0) is 25.7 Å². The summed E-state index contributed by atoms with van der Waals surface area (Å²) in [5, 5.41) is 1.03. The van der Waals surface area contributed by atoms with E-state index in [4.69, 9.17) is 11.6 Å². The topological polar surface area (TPSA) is 0 Å². The minimum Gasteiger partial charge on any atom is -0.0895 e. The molecule has 1 aliphatic rings. The highest BCUT2D eigenvalue weighted by Gasteiger charge is 1.92. The number of hydrogen-bond donors (Lipinski definition) is 0. The highest BCUT2D eigenvalue weighted by molar-refractivity contribution is 6.29. The van der Waals surface area contributed by atoms with Crippen LogP contribution in [0, 0.1) is 0 Å². The summed E-state index contributed by atoms with van der Waals surface area (Å²) in [7, 11) is 0. The zero-order valence-corrected chi connectivity index (χ0v) is 6.19. The summed E-state index contributed by atoms with van der Waals surface area (Å²) in [6, 6.07) is 0. The minimum atomic E-state index is 1.01. The van der Waals surface area contributed by atoms with Crippen LogP contribution in [0.25, 0.3) is 0 Å². The van der Waals surface area contributed by atoms with Crippen molar-refractivity contribution in [2.45, 2.75) is 25.7 Å². The number of hydrogen-bond acceptors (Lipinski definition) is 0. The van der Waals surface area contributed by atoms with Crippen molar-refractivity contribution in [3.05, 3.63) is 23.3 Å². The largest absolute Gasteiger partial charge is 0.0895 e. The van der Waals surface area contributed by atoms with E-state index in [-0.39, 0.29) is 0 Å². The van der Waals surface area contributed by atoms with E-state index in [1.165, 1.54) is 12.8 Å². The lowest BCUT2D eigenvalue weighted by atomic mass is 10.1. The van der Waals surface area contributed by atoms with E-state index in [2.05, 4.69) is 18.2 Å². The van der Waals surface area contributed by atoms with Crippen molar-refractivity contribution in [1.29, 1.82) is 0 Å². The van der Waals surface area contributed by atoms with Gasteiger partial charge in [-0.1, -0.05) is 29.8 Å². The molecule has 0 bridgehead atoms. The maximum absolute atomic E-state index is 5.82. The SMILES string of the molecule is ClC1=CCC=CCCC1. The molecule has 0 N–H and O–H groups in total. The van der Waals surface area contributed by atoms with Gasteiger partial charge in [0, 0.05) is 5.03 Å². The van der Waals surface area contributed by atoms with Crippen molar-refractivity contribution < 1.29 is 0 Å². The van der Waals surface area contributed by atoms with Gasteiger partial charge in [0.25, 0.3) is 0 Å². The molecule has 0 fully saturated rings. The Labute approximate surface area is 61.2 Å². The molecule has 0 aromatic heterocycles. The lowest BCUT2D eigenvalue weighted by Gasteiger charge is -1.98. The number of rotatable bonds is 0. The molecular formula is C8H11Cl. The quantitative estimate of drug-likeness (QED) is 0.456. The van der Waals surface area contributed by atoms with Gasteiger partial charge < -0.3 is 0 Å². The van der Waals surface area contributed by atoms with Crippen molar-refractivity contribution >= 4 is 11.6 Å². The van der Waals surface area contributed by atoms with E-state index >= 15 is 0 Å². The predicted octanol–water partition coefficient (Wildman–Crippen LogP) is 3.24. The van der Waals surface area contributed by atoms with Crippen molar-refractivity contribution in [2.75, 3.05) is 0 Å². The summed E-state index contributed by atoms with van der Waals surface area (Å²) in [5.74, 6) is 0. The van der Waals surface area contributed by atoms with Gasteiger partial charge in [-0.2, -0.15) is 0 Å². The molecule has 50 valence electrons. The maximum Gasteiger partial charge on any atom is 0.0144 e. The van der Waals surface area contributed by atoms with Crippen molar-refractivity contribution in [2.24, 2.45) is 0 Å². The summed E-state index contributed by atoms with van der Waals surface area (Å²) in [6.45, 7) is 0. The molecule has 1 rings (SSSR count).